The van der Waals surface area contributed by atoms with Gasteiger partial charge in [-0.25, -0.2) is 9.78 Å². The molecule has 2 heterocycles. The highest BCUT2D eigenvalue weighted by Crippen LogP contribution is 2.41. The number of nitrogens with one attached hydrogen (secondary N) is 1. The van der Waals surface area contributed by atoms with E-state index >= 15 is 0 Å². The highest BCUT2D eigenvalue weighted by molar-refractivity contribution is 7.90. The molecule has 7 nitrogen and oxygen atoms in total. The second-order valence-corrected chi connectivity index (χ2v) is 11.8. The van der Waals surface area contributed by atoms with Gasteiger partial charge in [-0.15, -0.1) is 4.72 Å². The van der Waals surface area contributed by atoms with Crippen LogP contribution in [-0.2, 0) is 28.2 Å². The maximum atomic E-state index is 13.3. The van der Waals surface area contributed by atoms with Gasteiger partial charge in [0.1, 0.15) is 15.9 Å². The number of esters is 1. The molecule has 0 radical (unpaired) electrons. The Kier molecular flexibility index (Phi) is 6.25. The molecule has 3 rings (SSSR count). The molecule has 0 fully saturated rings. The third-order valence-electron chi connectivity index (χ3n) is 5.15. The molecule has 0 aliphatic carbocycles. The van der Waals surface area contributed by atoms with E-state index in [2.05, 4.69) is 15.8 Å². The number of aryl methyl sites for hydroxylation is 1. The van der Waals surface area contributed by atoms with Crippen molar-refractivity contribution in [3.8, 4) is 6.07 Å². The van der Waals surface area contributed by atoms with Crippen LogP contribution in [-0.4, -0.2) is 30.4 Å². The molecule has 1 aromatic carbocycles. The summed E-state index contributed by atoms with van der Waals surface area (Å²) < 4.78 is 23.8. The van der Waals surface area contributed by atoms with Gasteiger partial charge < -0.3 is 13.9 Å². The zero-order chi connectivity index (χ0) is 23.0. The van der Waals surface area contributed by atoms with Gasteiger partial charge in [0.2, 0.25) is 0 Å². The average molecular weight is 443 g/mol. The van der Waals surface area contributed by atoms with Crippen molar-refractivity contribution < 1.29 is 14.1 Å². The summed E-state index contributed by atoms with van der Waals surface area (Å²) in [5.74, 6) is -0.515. The fourth-order valence-corrected chi connectivity index (χ4v) is 4.67. The molecule has 1 aliphatic rings. The number of ether oxygens (including phenoxy) is 1. The van der Waals surface area contributed by atoms with Crippen molar-refractivity contribution in [2.24, 2.45) is 0 Å². The first-order valence-electron chi connectivity index (χ1n) is 10.4. The van der Waals surface area contributed by atoms with Crippen LogP contribution in [0.5, 0.6) is 0 Å². The van der Waals surface area contributed by atoms with E-state index in [-0.39, 0.29) is 0 Å². The Morgan fingerprint density at radius 1 is 1.32 bits per heavy atom. The minimum absolute atomic E-state index is 0.294. The third kappa shape index (κ3) is 4.79. The number of aromatic nitrogens is 2. The minimum atomic E-state index is -1.42. The Bertz CT molecular complexity index is 1010. The first kappa shape index (κ1) is 23.3. The van der Waals surface area contributed by atoms with Gasteiger partial charge in [0, 0.05) is 17.9 Å². The first-order valence-corrected chi connectivity index (χ1v) is 11.5. The quantitative estimate of drug-likeness (QED) is 0.571. The molecule has 1 aromatic heterocycles. The van der Waals surface area contributed by atoms with Crippen molar-refractivity contribution in [2.45, 2.75) is 76.8 Å². The summed E-state index contributed by atoms with van der Waals surface area (Å²) in [5, 5.41) is 9.44. The average Bonchev–Trinajstić information content (AvgIpc) is 3.15. The van der Waals surface area contributed by atoms with Gasteiger partial charge in [0.05, 0.1) is 35.4 Å². The molecule has 0 amide bonds. The summed E-state index contributed by atoms with van der Waals surface area (Å²) in [7, 11) is 0. The Morgan fingerprint density at radius 3 is 2.65 bits per heavy atom. The normalized spacial score (nSPS) is 19.9. The van der Waals surface area contributed by atoms with Gasteiger partial charge >= 0.3 is 5.97 Å². The summed E-state index contributed by atoms with van der Waals surface area (Å²) in [6.07, 6.45) is 4.94. The number of carbonyl (C=O) groups excluding carboxylic acids is 1. The molecule has 2 atom stereocenters. The lowest BCUT2D eigenvalue weighted by Gasteiger charge is -2.41. The summed E-state index contributed by atoms with van der Waals surface area (Å²) in [5.41, 5.74) is 0.529. The van der Waals surface area contributed by atoms with Gasteiger partial charge in [0.25, 0.3) is 0 Å². The van der Waals surface area contributed by atoms with Crippen LogP contribution in [0, 0.1) is 11.3 Å². The van der Waals surface area contributed by atoms with Crippen LogP contribution in [0.3, 0.4) is 0 Å². The van der Waals surface area contributed by atoms with E-state index in [4.69, 9.17) is 4.74 Å². The van der Waals surface area contributed by atoms with E-state index in [1.54, 1.807) is 51.5 Å². The Labute approximate surface area is 187 Å². The maximum Gasteiger partial charge on any atom is 0.339 e. The summed E-state index contributed by atoms with van der Waals surface area (Å²) in [4.78, 5) is 17.5. The van der Waals surface area contributed by atoms with Crippen molar-refractivity contribution in [3.63, 3.8) is 0 Å². The van der Waals surface area contributed by atoms with Crippen LogP contribution >= 0.6 is 0 Å². The van der Waals surface area contributed by atoms with Gasteiger partial charge in [-0.3, -0.25) is 0 Å². The number of rotatable bonds is 4. The molecule has 2 aromatic rings. The predicted octanol–water partition coefficient (Wildman–Crippen LogP) is 3.80. The molecule has 166 valence electrons. The lowest BCUT2D eigenvalue weighted by Crippen LogP contribution is -2.54. The van der Waals surface area contributed by atoms with Crippen molar-refractivity contribution in [2.75, 3.05) is 0 Å². The Morgan fingerprint density at radius 2 is 2.03 bits per heavy atom. The number of benzene rings is 1. The first-order chi connectivity index (χ1) is 14.4. The van der Waals surface area contributed by atoms with Gasteiger partial charge in [-0.2, -0.15) is 5.26 Å². The maximum absolute atomic E-state index is 13.3. The Hall–Kier alpha value is -2.34. The van der Waals surface area contributed by atoms with Crippen LogP contribution < -0.4 is 4.72 Å². The number of imidazole rings is 1. The second kappa shape index (κ2) is 8.30. The number of hydrogen-bond acceptors (Lipinski definition) is 6. The number of carbonyl (C=O) groups is 1. The number of hydrogen-bond donors (Lipinski definition) is 1. The van der Waals surface area contributed by atoms with Crippen LogP contribution in [0.15, 0.2) is 30.7 Å². The molecule has 0 spiro atoms. The van der Waals surface area contributed by atoms with Crippen LogP contribution in [0.1, 0.15) is 81.6 Å². The van der Waals surface area contributed by atoms with E-state index in [9.17, 15) is 14.6 Å². The predicted molar refractivity (Wildman–Crippen MR) is 120 cm³/mol. The third-order valence-corrected chi connectivity index (χ3v) is 6.80. The molecule has 31 heavy (non-hydrogen) atoms. The minimum Gasteiger partial charge on any atom is -0.598 e. The Balaban J connectivity index is 2.24. The smallest absolute Gasteiger partial charge is 0.339 e. The molecular weight excluding hydrogens is 412 g/mol. The zero-order valence-corrected chi connectivity index (χ0v) is 19.8. The molecule has 8 heteroatoms. The standard InChI is InChI=1S/C23H30N4O3S/c1-21(2,3)30-20(28)17-12-16(13-24)8-9-18(17)23(26-31(29)22(4,5)6)10-7-11-27-15-25-14-19(23)27/h8-9,12,14-15,26H,7,10-11H2,1-6H3. The van der Waals surface area contributed by atoms with Crippen molar-refractivity contribution in [1.29, 1.82) is 5.26 Å². The van der Waals surface area contributed by atoms with Crippen molar-refractivity contribution >= 4 is 17.3 Å². The van der Waals surface area contributed by atoms with Crippen molar-refractivity contribution in [3.05, 3.63) is 53.1 Å². The van der Waals surface area contributed by atoms with Gasteiger partial charge in [0.15, 0.2) is 0 Å². The molecular formula is C23H30N4O3S. The molecule has 2 unspecified atom stereocenters. The van der Waals surface area contributed by atoms with E-state index in [0.29, 0.717) is 23.1 Å². The highest BCUT2D eigenvalue weighted by atomic mass is 32.2. The van der Waals surface area contributed by atoms with Crippen LogP contribution in [0.2, 0.25) is 0 Å². The highest BCUT2D eigenvalue weighted by Gasteiger charge is 2.47. The number of fused-ring (bicyclic) bond motifs is 1. The summed E-state index contributed by atoms with van der Waals surface area (Å²) in [6.45, 7) is 11.9. The van der Waals surface area contributed by atoms with Gasteiger partial charge in [-0.05, 0) is 72.1 Å². The lowest BCUT2D eigenvalue weighted by molar-refractivity contribution is 0.00662. The van der Waals surface area contributed by atoms with Crippen LogP contribution in [0.4, 0.5) is 0 Å². The fraction of sp³-hybridized carbons (Fsp3) is 0.522. The second-order valence-electron chi connectivity index (χ2n) is 9.84. The zero-order valence-electron chi connectivity index (χ0n) is 19.0. The topological polar surface area (TPSA) is 103 Å². The molecule has 1 N–H and O–H groups in total. The van der Waals surface area contributed by atoms with E-state index in [1.807, 2.05) is 25.3 Å². The number of nitriles is 1. The molecule has 0 saturated carbocycles. The van der Waals surface area contributed by atoms with E-state index in [0.717, 1.165) is 18.7 Å². The number of nitrogens with zero attached hydrogens (tertiary/aromatic N) is 3. The van der Waals surface area contributed by atoms with Crippen molar-refractivity contribution in [1.82, 2.24) is 14.3 Å². The monoisotopic (exact) mass is 442 g/mol. The van der Waals surface area contributed by atoms with Gasteiger partial charge in [-0.1, -0.05) is 6.07 Å². The SMILES string of the molecule is CC(C)(C)OC(=O)c1cc(C#N)ccc1C1(N[S+]([O-])C(C)(C)C)CCCn2cncc21. The fourth-order valence-electron chi connectivity index (χ4n) is 3.73. The van der Waals surface area contributed by atoms with E-state index in [1.165, 1.54) is 0 Å². The van der Waals surface area contributed by atoms with Crippen LogP contribution in [0.25, 0.3) is 0 Å². The molecule has 1 aliphatic heterocycles. The lowest BCUT2D eigenvalue weighted by atomic mass is 9.78. The molecule has 0 bridgehead atoms. The van der Waals surface area contributed by atoms with E-state index < -0.39 is 33.2 Å². The molecule has 0 saturated heterocycles. The summed E-state index contributed by atoms with van der Waals surface area (Å²) in [6, 6.07) is 7.11. The largest absolute Gasteiger partial charge is 0.598 e. The summed E-state index contributed by atoms with van der Waals surface area (Å²) >= 11 is -1.42.